The predicted octanol–water partition coefficient (Wildman–Crippen LogP) is 2.30. The van der Waals surface area contributed by atoms with E-state index in [1.807, 2.05) is 11.4 Å². The van der Waals surface area contributed by atoms with Crippen LogP contribution in [0.5, 0.6) is 0 Å². The number of carbonyl (C=O) groups excluding carboxylic acids is 1. The van der Waals surface area contributed by atoms with Crippen LogP contribution in [0.1, 0.15) is 17.7 Å². The van der Waals surface area contributed by atoms with E-state index < -0.39 is 5.97 Å². The van der Waals surface area contributed by atoms with Crippen LogP contribution in [0, 0.1) is 5.92 Å². The Balaban J connectivity index is 1.68. The number of carbonyl (C=O) groups is 2. The molecule has 1 aliphatic heterocycles. The molecular formula is C13H17NO3S2. The number of amides is 1. The van der Waals surface area contributed by atoms with Crippen molar-refractivity contribution in [1.29, 1.82) is 0 Å². The molecule has 19 heavy (non-hydrogen) atoms. The average molecular weight is 299 g/mol. The van der Waals surface area contributed by atoms with Crippen LogP contribution in [0.4, 0.5) is 0 Å². The third-order valence-corrected chi connectivity index (χ3v) is 5.18. The van der Waals surface area contributed by atoms with Gasteiger partial charge in [0.05, 0.1) is 5.75 Å². The van der Waals surface area contributed by atoms with Crippen molar-refractivity contribution in [3.05, 3.63) is 22.4 Å². The van der Waals surface area contributed by atoms with E-state index in [1.54, 1.807) is 28.0 Å². The normalized spacial score (nSPS) is 18.7. The molecule has 1 aromatic heterocycles. The molecule has 1 saturated heterocycles. The van der Waals surface area contributed by atoms with E-state index in [-0.39, 0.29) is 18.2 Å². The lowest BCUT2D eigenvalue weighted by atomic mass is 10.1. The standard InChI is InChI=1S/C13H17NO3S2/c15-12(9-18-8-11-2-1-5-19-11)14-4-3-10(7-14)6-13(16)17/h1-2,5,10H,3-4,6-9H2,(H,16,17). The fourth-order valence-corrected chi connectivity index (χ4v) is 3.97. The first-order chi connectivity index (χ1) is 9.15. The van der Waals surface area contributed by atoms with Crippen LogP contribution in [0.15, 0.2) is 17.5 Å². The van der Waals surface area contributed by atoms with Gasteiger partial charge in [-0.3, -0.25) is 9.59 Å². The fraction of sp³-hybridized carbons (Fsp3) is 0.538. The molecule has 0 spiro atoms. The lowest BCUT2D eigenvalue weighted by Gasteiger charge is -2.15. The third kappa shape index (κ3) is 4.54. The highest BCUT2D eigenvalue weighted by Crippen LogP contribution is 2.22. The molecule has 1 aliphatic rings. The Kier molecular flexibility index (Phi) is 5.27. The molecular weight excluding hydrogens is 282 g/mol. The lowest BCUT2D eigenvalue weighted by molar-refractivity contribution is -0.138. The van der Waals surface area contributed by atoms with Gasteiger partial charge < -0.3 is 10.0 Å². The lowest BCUT2D eigenvalue weighted by Crippen LogP contribution is -2.30. The zero-order valence-electron chi connectivity index (χ0n) is 10.6. The van der Waals surface area contributed by atoms with Crippen molar-refractivity contribution in [2.24, 2.45) is 5.92 Å². The van der Waals surface area contributed by atoms with Gasteiger partial charge in [-0.05, 0) is 23.8 Å². The van der Waals surface area contributed by atoms with Crippen LogP contribution in [0.3, 0.4) is 0 Å². The maximum Gasteiger partial charge on any atom is 0.303 e. The molecule has 0 saturated carbocycles. The number of rotatable bonds is 6. The maximum absolute atomic E-state index is 12.0. The second-order valence-corrected chi connectivity index (χ2v) is 6.68. The largest absolute Gasteiger partial charge is 0.481 e. The summed E-state index contributed by atoms with van der Waals surface area (Å²) in [7, 11) is 0. The molecule has 1 atom stereocenters. The molecule has 2 rings (SSSR count). The Bertz CT molecular complexity index is 433. The first-order valence-electron chi connectivity index (χ1n) is 6.25. The summed E-state index contributed by atoms with van der Waals surface area (Å²) in [6.07, 6.45) is 0.986. The van der Waals surface area contributed by atoms with Crippen molar-refractivity contribution in [2.75, 3.05) is 18.8 Å². The molecule has 2 heterocycles. The van der Waals surface area contributed by atoms with Gasteiger partial charge in [-0.2, -0.15) is 0 Å². The van der Waals surface area contributed by atoms with Crippen LogP contribution in [-0.4, -0.2) is 40.7 Å². The van der Waals surface area contributed by atoms with Gasteiger partial charge in [0.25, 0.3) is 0 Å². The number of nitrogens with zero attached hydrogens (tertiary/aromatic N) is 1. The molecule has 6 heteroatoms. The van der Waals surface area contributed by atoms with E-state index in [1.165, 1.54) is 4.88 Å². The molecule has 1 unspecified atom stereocenters. The molecule has 0 aromatic carbocycles. The zero-order chi connectivity index (χ0) is 13.7. The van der Waals surface area contributed by atoms with Crippen LogP contribution < -0.4 is 0 Å². The highest BCUT2D eigenvalue weighted by atomic mass is 32.2. The van der Waals surface area contributed by atoms with Crippen LogP contribution in [-0.2, 0) is 15.3 Å². The fourth-order valence-electron chi connectivity index (χ4n) is 2.20. The Morgan fingerprint density at radius 3 is 3.05 bits per heavy atom. The number of likely N-dealkylation sites (tertiary alicyclic amines) is 1. The molecule has 1 fully saturated rings. The minimum absolute atomic E-state index is 0.128. The summed E-state index contributed by atoms with van der Waals surface area (Å²) >= 11 is 3.33. The first kappa shape index (κ1) is 14.4. The Hall–Kier alpha value is -1.01. The van der Waals surface area contributed by atoms with E-state index in [0.717, 1.165) is 12.2 Å². The Morgan fingerprint density at radius 1 is 1.53 bits per heavy atom. The van der Waals surface area contributed by atoms with E-state index in [9.17, 15) is 9.59 Å². The van der Waals surface area contributed by atoms with Gasteiger partial charge in [-0.25, -0.2) is 0 Å². The molecule has 1 aromatic rings. The number of aliphatic carboxylic acids is 1. The van der Waals surface area contributed by atoms with Gasteiger partial charge in [0.1, 0.15) is 0 Å². The number of hydrogen-bond acceptors (Lipinski definition) is 4. The van der Waals surface area contributed by atoms with E-state index >= 15 is 0 Å². The average Bonchev–Trinajstić information content (AvgIpc) is 2.99. The number of carboxylic acids is 1. The van der Waals surface area contributed by atoms with Gasteiger partial charge in [0, 0.05) is 30.1 Å². The summed E-state index contributed by atoms with van der Waals surface area (Å²) in [6, 6.07) is 4.08. The molecule has 104 valence electrons. The molecule has 0 bridgehead atoms. The summed E-state index contributed by atoms with van der Waals surface area (Å²) < 4.78 is 0. The monoisotopic (exact) mass is 299 g/mol. The number of thiophene rings is 1. The number of thioether (sulfide) groups is 1. The summed E-state index contributed by atoms with van der Waals surface area (Å²) in [5.74, 6) is 0.845. The smallest absolute Gasteiger partial charge is 0.303 e. The van der Waals surface area contributed by atoms with Crippen molar-refractivity contribution >= 4 is 35.0 Å². The van der Waals surface area contributed by atoms with Gasteiger partial charge >= 0.3 is 5.97 Å². The molecule has 0 radical (unpaired) electrons. The summed E-state index contributed by atoms with van der Waals surface area (Å²) in [5, 5.41) is 10.8. The van der Waals surface area contributed by atoms with Crippen molar-refractivity contribution in [2.45, 2.75) is 18.6 Å². The quantitative estimate of drug-likeness (QED) is 0.875. The van der Waals surface area contributed by atoms with Gasteiger partial charge in [-0.1, -0.05) is 6.07 Å². The third-order valence-electron chi connectivity index (χ3n) is 3.15. The van der Waals surface area contributed by atoms with Gasteiger partial charge in [-0.15, -0.1) is 23.1 Å². The topological polar surface area (TPSA) is 57.6 Å². The summed E-state index contributed by atoms with van der Waals surface area (Å²) in [6.45, 7) is 1.31. The molecule has 1 N–H and O–H groups in total. The van der Waals surface area contributed by atoms with E-state index in [4.69, 9.17) is 5.11 Å². The van der Waals surface area contributed by atoms with Crippen molar-refractivity contribution in [3.63, 3.8) is 0 Å². The zero-order valence-corrected chi connectivity index (χ0v) is 12.2. The number of carboxylic acid groups (broad SMARTS) is 1. The number of hydrogen-bond donors (Lipinski definition) is 1. The van der Waals surface area contributed by atoms with Crippen molar-refractivity contribution in [1.82, 2.24) is 4.90 Å². The van der Waals surface area contributed by atoms with Crippen LogP contribution >= 0.6 is 23.1 Å². The van der Waals surface area contributed by atoms with Crippen molar-refractivity contribution < 1.29 is 14.7 Å². The highest BCUT2D eigenvalue weighted by molar-refractivity contribution is 7.99. The summed E-state index contributed by atoms with van der Waals surface area (Å²) in [5.41, 5.74) is 0. The second kappa shape index (κ2) is 6.96. The van der Waals surface area contributed by atoms with Crippen LogP contribution in [0.25, 0.3) is 0 Å². The minimum Gasteiger partial charge on any atom is -0.481 e. The molecule has 4 nitrogen and oxygen atoms in total. The Morgan fingerprint density at radius 2 is 2.37 bits per heavy atom. The molecule has 1 amide bonds. The highest BCUT2D eigenvalue weighted by Gasteiger charge is 2.27. The minimum atomic E-state index is -0.772. The first-order valence-corrected chi connectivity index (χ1v) is 8.28. The Labute approximate surface area is 120 Å². The predicted molar refractivity (Wildman–Crippen MR) is 77.4 cm³/mol. The van der Waals surface area contributed by atoms with Gasteiger partial charge in [0.15, 0.2) is 0 Å². The van der Waals surface area contributed by atoms with E-state index in [2.05, 4.69) is 6.07 Å². The second-order valence-electron chi connectivity index (χ2n) is 4.66. The van der Waals surface area contributed by atoms with E-state index in [0.29, 0.717) is 18.8 Å². The SMILES string of the molecule is O=C(O)CC1CCN(C(=O)CSCc2cccs2)C1. The molecule has 0 aliphatic carbocycles. The summed E-state index contributed by atoms with van der Waals surface area (Å²) in [4.78, 5) is 25.7. The van der Waals surface area contributed by atoms with Crippen LogP contribution in [0.2, 0.25) is 0 Å². The van der Waals surface area contributed by atoms with Crippen molar-refractivity contribution in [3.8, 4) is 0 Å². The maximum atomic E-state index is 12.0. The van der Waals surface area contributed by atoms with Gasteiger partial charge in [0.2, 0.25) is 5.91 Å².